The predicted octanol–water partition coefficient (Wildman–Crippen LogP) is 3.45. The van der Waals surface area contributed by atoms with Crippen LogP contribution in [0.5, 0.6) is 0 Å². The molecule has 0 aliphatic carbocycles. The van der Waals surface area contributed by atoms with Gasteiger partial charge in [-0.2, -0.15) is 0 Å². The number of rotatable bonds is 5. The minimum Gasteiger partial charge on any atom is -0.449 e. The molecule has 24 heavy (non-hydrogen) atoms. The van der Waals surface area contributed by atoms with E-state index in [9.17, 15) is 9.59 Å². The van der Waals surface area contributed by atoms with Gasteiger partial charge in [-0.15, -0.1) is 22.7 Å². The van der Waals surface area contributed by atoms with Crippen molar-refractivity contribution in [2.45, 2.75) is 13.0 Å². The molecule has 8 heteroatoms. The van der Waals surface area contributed by atoms with E-state index in [4.69, 9.17) is 4.74 Å². The predicted molar refractivity (Wildman–Crippen MR) is 93.2 cm³/mol. The van der Waals surface area contributed by atoms with Gasteiger partial charge >= 0.3 is 5.97 Å². The van der Waals surface area contributed by atoms with Gasteiger partial charge < -0.3 is 4.74 Å². The maximum absolute atomic E-state index is 12.1. The van der Waals surface area contributed by atoms with Crippen LogP contribution in [0.2, 0.25) is 0 Å². The van der Waals surface area contributed by atoms with E-state index in [1.165, 1.54) is 42.8 Å². The first-order chi connectivity index (χ1) is 11.6. The summed E-state index contributed by atoms with van der Waals surface area (Å²) in [7, 11) is 0. The third-order valence-electron chi connectivity index (χ3n) is 3.08. The summed E-state index contributed by atoms with van der Waals surface area (Å²) in [6.07, 6.45) is 2.05. The average molecular weight is 359 g/mol. The van der Waals surface area contributed by atoms with Gasteiger partial charge in [-0.05, 0) is 30.5 Å². The van der Waals surface area contributed by atoms with Gasteiger partial charge in [-0.3, -0.25) is 15.1 Å². The van der Waals surface area contributed by atoms with E-state index >= 15 is 0 Å². The number of thiophene rings is 1. The van der Waals surface area contributed by atoms with Crippen LogP contribution < -0.4 is 5.32 Å². The van der Waals surface area contributed by atoms with Crippen molar-refractivity contribution in [3.63, 3.8) is 0 Å². The topological polar surface area (TPSA) is 81.2 Å². The smallest absolute Gasteiger partial charge is 0.339 e. The fourth-order valence-corrected chi connectivity index (χ4v) is 3.32. The molecule has 1 N–H and O–H groups in total. The second-order valence-corrected chi connectivity index (χ2v) is 6.59. The summed E-state index contributed by atoms with van der Waals surface area (Å²) in [6, 6.07) is 6.96. The van der Waals surface area contributed by atoms with E-state index in [0.717, 1.165) is 10.6 Å². The summed E-state index contributed by atoms with van der Waals surface area (Å²) in [6.45, 7) is 1.52. The number of amides is 1. The van der Waals surface area contributed by atoms with E-state index < -0.39 is 18.0 Å². The zero-order chi connectivity index (χ0) is 16.9. The molecule has 3 rings (SSSR count). The van der Waals surface area contributed by atoms with Crippen LogP contribution >= 0.6 is 22.7 Å². The number of aromatic nitrogens is 2. The normalized spacial score (nSPS) is 11.7. The molecule has 0 bridgehead atoms. The monoisotopic (exact) mass is 359 g/mol. The van der Waals surface area contributed by atoms with Crippen molar-refractivity contribution in [3.8, 4) is 10.6 Å². The summed E-state index contributed by atoms with van der Waals surface area (Å²) in [5.41, 5.74) is 1.16. The third-order valence-corrected chi connectivity index (χ3v) is 4.73. The molecule has 0 radical (unpaired) electrons. The quantitative estimate of drug-likeness (QED) is 0.706. The van der Waals surface area contributed by atoms with Crippen LogP contribution in [-0.2, 0) is 9.53 Å². The third kappa shape index (κ3) is 3.84. The van der Waals surface area contributed by atoms with Gasteiger partial charge in [0, 0.05) is 17.8 Å². The molecule has 0 saturated carbocycles. The Morgan fingerprint density at radius 2 is 2.00 bits per heavy atom. The highest BCUT2D eigenvalue weighted by atomic mass is 32.1. The molecule has 3 aromatic rings. The molecule has 122 valence electrons. The number of carbonyl (C=O) groups excluding carboxylic acids is 2. The fraction of sp³-hybridized carbons (Fsp3) is 0.125. The number of esters is 1. The van der Waals surface area contributed by atoms with Gasteiger partial charge in [0.15, 0.2) is 11.2 Å². The Morgan fingerprint density at radius 1 is 1.21 bits per heavy atom. The van der Waals surface area contributed by atoms with Crippen LogP contribution in [0.15, 0.2) is 47.4 Å². The molecule has 6 nitrogen and oxygen atoms in total. The zero-order valence-electron chi connectivity index (χ0n) is 12.6. The van der Waals surface area contributed by atoms with Gasteiger partial charge in [0.05, 0.1) is 16.1 Å². The van der Waals surface area contributed by atoms with Crippen LogP contribution in [0.4, 0.5) is 5.13 Å². The number of thiazole rings is 1. The number of ether oxygens (including phenoxy) is 1. The maximum Gasteiger partial charge on any atom is 0.339 e. The van der Waals surface area contributed by atoms with Crippen molar-refractivity contribution in [2.75, 3.05) is 5.32 Å². The van der Waals surface area contributed by atoms with Crippen LogP contribution in [0.1, 0.15) is 17.3 Å². The SMILES string of the molecule is CC(OC(=O)c1ccncc1)C(=O)Nc1nc(-c2cccs2)cs1. The molecule has 0 aliphatic heterocycles. The molecule has 1 amide bonds. The Hall–Kier alpha value is -2.58. The summed E-state index contributed by atoms with van der Waals surface area (Å²) in [5, 5.41) is 6.97. The second kappa shape index (κ2) is 7.33. The highest BCUT2D eigenvalue weighted by Gasteiger charge is 2.20. The lowest BCUT2D eigenvalue weighted by atomic mass is 10.3. The lowest BCUT2D eigenvalue weighted by Crippen LogP contribution is -2.29. The molecule has 3 aromatic heterocycles. The Kier molecular flexibility index (Phi) is 4.97. The Bertz CT molecular complexity index is 831. The number of hydrogen-bond donors (Lipinski definition) is 1. The Labute approximate surface area is 146 Å². The van der Waals surface area contributed by atoms with Gasteiger partial charge in [0.1, 0.15) is 0 Å². The fourth-order valence-electron chi connectivity index (χ4n) is 1.85. The first-order valence-corrected chi connectivity index (χ1v) is 8.80. The minimum absolute atomic E-state index is 0.346. The van der Waals surface area contributed by atoms with Gasteiger partial charge in [-0.1, -0.05) is 6.07 Å². The Morgan fingerprint density at radius 3 is 2.71 bits per heavy atom. The number of nitrogens with zero attached hydrogens (tertiary/aromatic N) is 2. The van der Waals surface area contributed by atoms with E-state index in [0.29, 0.717) is 10.7 Å². The first kappa shape index (κ1) is 16.3. The largest absolute Gasteiger partial charge is 0.449 e. The molecule has 1 unspecified atom stereocenters. The number of carbonyl (C=O) groups is 2. The number of nitrogens with one attached hydrogen (secondary N) is 1. The highest BCUT2D eigenvalue weighted by Crippen LogP contribution is 2.28. The van der Waals surface area contributed by atoms with Crippen molar-refractivity contribution < 1.29 is 14.3 Å². The van der Waals surface area contributed by atoms with Crippen molar-refractivity contribution >= 4 is 39.7 Å². The van der Waals surface area contributed by atoms with E-state index in [2.05, 4.69) is 15.3 Å². The van der Waals surface area contributed by atoms with Gasteiger partial charge in [0.2, 0.25) is 0 Å². The number of pyridine rings is 1. The molecular formula is C16H13N3O3S2. The first-order valence-electron chi connectivity index (χ1n) is 7.05. The highest BCUT2D eigenvalue weighted by molar-refractivity contribution is 7.16. The van der Waals surface area contributed by atoms with Crippen molar-refractivity contribution in [3.05, 3.63) is 53.0 Å². The van der Waals surface area contributed by atoms with Gasteiger partial charge in [0.25, 0.3) is 5.91 Å². The maximum atomic E-state index is 12.1. The van der Waals surface area contributed by atoms with Gasteiger partial charge in [-0.25, -0.2) is 9.78 Å². The van der Waals surface area contributed by atoms with E-state index in [1.54, 1.807) is 11.3 Å². The van der Waals surface area contributed by atoms with Crippen molar-refractivity contribution in [1.82, 2.24) is 9.97 Å². The molecule has 0 aromatic carbocycles. The average Bonchev–Trinajstić information content (AvgIpc) is 3.26. The van der Waals surface area contributed by atoms with Crippen LogP contribution in [-0.4, -0.2) is 27.9 Å². The summed E-state index contributed by atoms with van der Waals surface area (Å²) < 4.78 is 5.15. The number of hydrogen-bond acceptors (Lipinski definition) is 7. The lowest BCUT2D eigenvalue weighted by Gasteiger charge is -2.12. The molecular weight excluding hydrogens is 346 g/mol. The number of anilines is 1. The van der Waals surface area contributed by atoms with Crippen molar-refractivity contribution in [2.24, 2.45) is 0 Å². The van der Waals surface area contributed by atoms with Crippen LogP contribution in [0.3, 0.4) is 0 Å². The summed E-state index contributed by atoms with van der Waals surface area (Å²) in [5.74, 6) is -0.997. The summed E-state index contributed by atoms with van der Waals surface area (Å²) >= 11 is 2.90. The van der Waals surface area contributed by atoms with Crippen molar-refractivity contribution in [1.29, 1.82) is 0 Å². The standard InChI is InChI=1S/C16H13N3O3S2/c1-10(22-15(21)11-4-6-17-7-5-11)14(20)19-16-18-12(9-24-16)13-3-2-8-23-13/h2-10H,1H3,(H,18,19,20). The van der Waals surface area contributed by atoms with E-state index in [1.807, 2.05) is 22.9 Å². The molecule has 0 spiro atoms. The summed E-state index contributed by atoms with van der Waals surface area (Å²) in [4.78, 5) is 33.3. The molecule has 0 fully saturated rings. The van der Waals surface area contributed by atoms with E-state index in [-0.39, 0.29) is 0 Å². The van der Waals surface area contributed by atoms with Crippen LogP contribution in [0.25, 0.3) is 10.6 Å². The lowest BCUT2D eigenvalue weighted by molar-refractivity contribution is -0.123. The Balaban J connectivity index is 1.59. The molecule has 0 saturated heterocycles. The second-order valence-electron chi connectivity index (χ2n) is 4.79. The van der Waals surface area contributed by atoms with Crippen LogP contribution in [0, 0.1) is 0 Å². The molecule has 3 heterocycles. The molecule has 1 atom stereocenters. The minimum atomic E-state index is -0.931. The molecule has 0 aliphatic rings. The zero-order valence-corrected chi connectivity index (χ0v) is 14.3.